The van der Waals surface area contributed by atoms with E-state index in [0.717, 1.165) is 15.2 Å². The second kappa shape index (κ2) is 8.39. The number of aromatic nitrogens is 3. The van der Waals surface area contributed by atoms with Crippen molar-refractivity contribution in [1.29, 1.82) is 0 Å². The van der Waals surface area contributed by atoms with E-state index in [1.54, 1.807) is 18.2 Å². The number of halogens is 1. The van der Waals surface area contributed by atoms with Gasteiger partial charge >= 0.3 is 5.97 Å². The van der Waals surface area contributed by atoms with Crippen molar-refractivity contribution in [2.75, 3.05) is 11.4 Å². The Bertz CT molecular complexity index is 1210. The highest BCUT2D eigenvalue weighted by Gasteiger charge is 2.38. The van der Waals surface area contributed by atoms with Crippen LogP contribution in [0.4, 0.5) is 5.69 Å². The summed E-state index contributed by atoms with van der Waals surface area (Å²) in [7, 11) is 1.18. The summed E-state index contributed by atoms with van der Waals surface area (Å²) >= 11 is 3.82. The van der Waals surface area contributed by atoms with Crippen LogP contribution in [0.25, 0.3) is 21.9 Å². The zero-order valence-corrected chi connectivity index (χ0v) is 17.3. The highest BCUT2D eigenvalue weighted by molar-refractivity contribution is 7.80. The summed E-state index contributed by atoms with van der Waals surface area (Å²) < 4.78 is 30.4. The summed E-state index contributed by atoms with van der Waals surface area (Å²) in [5.41, 5.74) is 2.26. The van der Waals surface area contributed by atoms with E-state index < -0.39 is 28.7 Å². The number of methoxy groups -OCH3 is 1. The van der Waals surface area contributed by atoms with E-state index in [0.29, 0.717) is 16.7 Å². The van der Waals surface area contributed by atoms with Crippen LogP contribution < -0.4 is 4.31 Å². The van der Waals surface area contributed by atoms with Gasteiger partial charge in [-0.25, -0.2) is 4.79 Å². The Hall–Kier alpha value is -3.01. The van der Waals surface area contributed by atoms with Crippen molar-refractivity contribution in [3.05, 3.63) is 66.6 Å². The number of hydrogen-bond donors (Lipinski definition) is 1. The summed E-state index contributed by atoms with van der Waals surface area (Å²) in [6, 6.07) is 12.7. The second-order valence-corrected chi connectivity index (χ2v) is 7.72. The van der Waals surface area contributed by atoms with Gasteiger partial charge in [0.2, 0.25) is 0 Å². The van der Waals surface area contributed by atoms with Crippen LogP contribution >= 0.6 is 11.6 Å². The quantitative estimate of drug-likeness (QED) is 0.278. The summed E-state index contributed by atoms with van der Waals surface area (Å²) in [6.45, 7) is 0. The normalized spacial score (nSPS) is 14.4. The van der Waals surface area contributed by atoms with Crippen molar-refractivity contribution in [2.24, 2.45) is 0 Å². The summed E-state index contributed by atoms with van der Waals surface area (Å²) in [5, 5.41) is -0.178. The maximum atomic E-state index is 12.7. The van der Waals surface area contributed by atoms with Crippen LogP contribution in [0.5, 0.6) is 0 Å². The van der Waals surface area contributed by atoms with E-state index >= 15 is 0 Å². The summed E-state index contributed by atoms with van der Waals surface area (Å²) in [6.07, 6.45) is 2.94. The van der Waals surface area contributed by atoms with Gasteiger partial charge in [-0.1, -0.05) is 24.3 Å². The highest BCUT2D eigenvalue weighted by atomic mass is 35.5. The molecule has 0 saturated carbocycles. The predicted molar refractivity (Wildman–Crippen MR) is 114 cm³/mol. The number of para-hydroxylation sites is 2. The van der Waals surface area contributed by atoms with Crippen molar-refractivity contribution in [3.8, 4) is 0 Å². The number of alkyl halides is 1. The molecule has 2 aromatic heterocycles. The molecule has 0 saturated heterocycles. The standard InChI is InChI=1S/C20H17ClN4O4S/c1-29-20(26)19(17(21)15-11-12-5-2-3-6-13(12)24-15)25(30(27)28)16-8-4-7-14-18(16)23-10-9-22-14/h2-11,17,19,24H,1H3,(H,27,28)/p-1. The largest absolute Gasteiger partial charge is 0.755 e. The first kappa shape index (κ1) is 20.3. The Balaban J connectivity index is 1.86. The molecule has 3 atom stereocenters. The fourth-order valence-electron chi connectivity index (χ4n) is 3.35. The summed E-state index contributed by atoms with van der Waals surface area (Å²) in [4.78, 5) is 24.3. The molecule has 0 fully saturated rings. The van der Waals surface area contributed by atoms with Gasteiger partial charge in [-0.05, 0) is 29.7 Å². The molecule has 0 aliphatic rings. The van der Waals surface area contributed by atoms with Gasteiger partial charge in [0, 0.05) is 34.9 Å². The lowest BCUT2D eigenvalue weighted by atomic mass is 10.1. The van der Waals surface area contributed by atoms with Gasteiger partial charge in [0.05, 0.1) is 18.3 Å². The molecule has 154 valence electrons. The number of ether oxygens (including phenoxy) is 1. The van der Waals surface area contributed by atoms with Crippen LogP contribution in [0.2, 0.25) is 0 Å². The average molecular weight is 444 g/mol. The minimum absolute atomic E-state index is 0.172. The van der Waals surface area contributed by atoms with Crippen LogP contribution in [0, 0.1) is 0 Å². The molecule has 4 aromatic rings. The molecule has 2 heterocycles. The van der Waals surface area contributed by atoms with Crippen LogP contribution in [0.3, 0.4) is 0 Å². The molecule has 4 rings (SSSR count). The van der Waals surface area contributed by atoms with Crippen molar-refractivity contribution in [3.63, 3.8) is 0 Å². The molecule has 3 unspecified atom stereocenters. The fraction of sp³-hybridized carbons (Fsp3) is 0.150. The maximum Gasteiger partial charge on any atom is 0.331 e. The first-order valence-electron chi connectivity index (χ1n) is 8.89. The number of nitrogens with zero attached hydrogens (tertiary/aromatic N) is 3. The van der Waals surface area contributed by atoms with Crippen LogP contribution in [-0.2, 0) is 20.8 Å². The third kappa shape index (κ3) is 3.62. The number of esters is 1. The zero-order chi connectivity index (χ0) is 21.3. The van der Waals surface area contributed by atoms with Crippen molar-refractivity contribution >= 4 is 56.5 Å². The number of carbonyl (C=O) groups is 1. The molecule has 0 amide bonds. The van der Waals surface area contributed by atoms with E-state index in [1.165, 1.54) is 25.6 Å². The zero-order valence-electron chi connectivity index (χ0n) is 15.7. The molecule has 1 N–H and O–H groups in total. The molecular weight excluding hydrogens is 428 g/mol. The third-order valence-corrected chi connectivity index (χ3v) is 5.91. The van der Waals surface area contributed by atoms with Gasteiger partial charge < -0.3 is 14.3 Å². The van der Waals surface area contributed by atoms with Crippen LogP contribution in [0.15, 0.2) is 60.9 Å². The Morgan fingerprint density at radius 2 is 1.97 bits per heavy atom. The summed E-state index contributed by atoms with van der Waals surface area (Å²) in [5.74, 6) is -0.807. The lowest BCUT2D eigenvalue weighted by Crippen LogP contribution is -2.46. The molecule has 0 spiro atoms. The average Bonchev–Trinajstić information content (AvgIpc) is 3.20. The van der Waals surface area contributed by atoms with Gasteiger partial charge in [0.25, 0.3) is 0 Å². The minimum atomic E-state index is -2.86. The van der Waals surface area contributed by atoms with Gasteiger partial charge in [-0.3, -0.25) is 18.5 Å². The maximum absolute atomic E-state index is 12.7. The first-order chi connectivity index (χ1) is 14.5. The highest BCUT2D eigenvalue weighted by Crippen LogP contribution is 2.35. The van der Waals surface area contributed by atoms with Gasteiger partial charge in [0.1, 0.15) is 10.9 Å². The molecular formula is C20H16ClN4O4S-. The third-order valence-electron chi connectivity index (χ3n) is 4.70. The Labute approximate surface area is 179 Å². The van der Waals surface area contributed by atoms with E-state index in [2.05, 4.69) is 15.0 Å². The van der Waals surface area contributed by atoms with Gasteiger partial charge in [0.15, 0.2) is 6.04 Å². The number of anilines is 1. The number of fused-ring (bicyclic) bond motifs is 2. The molecule has 30 heavy (non-hydrogen) atoms. The minimum Gasteiger partial charge on any atom is -0.755 e. The SMILES string of the molecule is COC(=O)C(C(Cl)c1cc2ccccc2[nH]1)N(c1cccc2nccnc12)S(=O)[O-]. The number of H-pyrrole nitrogens is 1. The Morgan fingerprint density at radius 3 is 2.70 bits per heavy atom. The smallest absolute Gasteiger partial charge is 0.331 e. The molecule has 0 aliphatic carbocycles. The molecule has 8 nitrogen and oxygen atoms in total. The fourth-order valence-corrected chi connectivity index (χ4v) is 4.45. The van der Waals surface area contributed by atoms with E-state index in [-0.39, 0.29) is 5.69 Å². The van der Waals surface area contributed by atoms with E-state index in [4.69, 9.17) is 16.3 Å². The van der Waals surface area contributed by atoms with Gasteiger partial charge in [-0.2, -0.15) is 0 Å². The number of benzene rings is 2. The van der Waals surface area contributed by atoms with Gasteiger partial charge in [-0.15, -0.1) is 11.6 Å². The van der Waals surface area contributed by atoms with Crippen LogP contribution in [-0.4, -0.2) is 42.8 Å². The van der Waals surface area contributed by atoms with E-state index in [1.807, 2.05) is 24.3 Å². The van der Waals surface area contributed by atoms with E-state index in [9.17, 15) is 13.6 Å². The molecule has 0 bridgehead atoms. The lowest BCUT2D eigenvalue weighted by Gasteiger charge is -2.35. The molecule has 2 aromatic carbocycles. The predicted octanol–water partition coefficient (Wildman–Crippen LogP) is 3.23. The Morgan fingerprint density at radius 1 is 1.20 bits per heavy atom. The van der Waals surface area contributed by atoms with Crippen molar-refractivity contribution < 1.29 is 18.3 Å². The number of aromatic amines is 1. The molecule has 10 heteroatoms. The Kier molecular flexibility index (Phi) is 5.67. The monoisotopic (exact) mass is 443 g/mol. The topological polar surface area (TPSA) is 111 Å². The van der Waals surface area contributed by atoms with Crippen molar-refractivity contribution in [2.45, 2.75) is 11.4 Å². The van der Waals surface area contributed by atoms with Crippen molar-refractivity contribution in [1.82, 2.24) is 15.0 Å². The van der Waals surface area contributed by atoms with Crippen LogP contribution in [0.1, 0.15) is 11.1 Å². The molecule has 0 aliphatic heterocycles. The number of carbonyl (C=O) groups excluding carboxylic acids is 1. The number of hydrogen-bond acceptors (Lipinski definition) is 6. The number of rotatable bonds is 6. The molecule has 0 radical (unpaired) electrons. The second-order valence-electron chi connectivity index (χ2n) is 6.43. The lowest BCUT2D eigenvalue weighted by molar-refractivity contribution is -0.142. The number of nitrogens with one attached hydrogen (secondary N) is 1. The first-order valence-corrected chi connectivity index (χ1v) is 10.4.